The van der Waals surface area contributed by atoms with Gasteiger partial charge in [0.05, 0.1) is 12.5 Å². The molecule has 9 heteroatoms. The number of nitrogens with one attached hydrogen (secondary N) is 1. The number of amides is 2. The number of hydrogen-bond donors (Lipinski definition) is 1. The van der Waals surface area contributed by atoms with Gasteiger partial charge in [0.2, 0.25) is 11.8 Å². The summed E-state index contributed by atoms with van der Waals surface area (Å²) in [5.41, 5.74) is 0. The van der Waals surface area contributed by atoms with Gasteiger partial charge in [-0.1, -0.05) is 0 Å². The Hall–Kier alpha value is -2.00. The maximum Gasteiger partial charge on any atom is 0.244 e. The molecule has 0 spiro atoms. The molecule has 2 fully saturated rings. The van der Waals surface area contributed by atoms with E-state index in [1.165, 1.54) is 6.33 Å². The number of nitrogens with zero attached hydrogens (tertiary/aromatic N) is 5. The lowest BCUT2D eigenvalue weighted by Crippen LogP contribution is -2.52. The average molecular weight is 378 g/mol. The van der Waals surface area contributed by atoms with Crippen LogP contribution >= 0.6 is 0 Å². The van der Waals surface area contributed by atoms with Crippen molar-refractivity contribution in [2.24, 2.45) is 5.92 Å². The van der Waals surface area contributed by atoms with Crippen LogP contribution < -0.4 is 5.32 Å². The van der Waals surface area contributed by atoms with Crippen LogP contribution in [0.1, 0.15) is 25.7 Å². The molecule has 0 bridgehead atoms. The third kappa shape index (κ3) is 5.49. The van der Waals surface area contributed by atoms with Gasteiger partial charge >= 0.3 is 0 Å². The van der Waals surface area contributed by atoms with Crippen LogP contribution in [0.4, 0.5) is 0 Å². The smallest absolute Gasteiger partial charge is 0.244 e. The Labute approximate surface area is 160 Å². The minimum absolute atomic E-state index is 0.0579. The van der Waals surface area contributed by atoms with E-state index in [0.29, 0.717) is 19.2 Å². The molecule has 2 aliphatic heterocycles. The Morgan fingerprint density at radius 3 is 2.74 bits per heavy atom. The van der Waals surface area contributed by atoms with E-state index in [-0.39, 0.29) is 24.3 Å². The van der Waals surface area contributed by atoms with E-state index in [9.17, 15) is 9.59 Å². The number of likely N-dealkylation sites (tertiary alicyclic amines) is 2. The van der Waals surface area contributed by atoms with Gasteiger partial charge in [0.1, 0.15) is 19.2 Å². The molecule has 9 nitrogen and oxygen atoms in total. The first-order valence-corrected chi connectivity index (χ1v) is 9.78. The van der Waals surface area contributed by atoms with E-state index in [1.54, 1.807) is 18.1 Å². The highest BCUT2D eigenvalue weighted by atomic mass is 16.5. The largest absolute Gasteiger partial charge is 0.383 e. The molecule has 3 rings (SSSR count). The van der Waals surface area contributed by atoms with E-state index in [4.69, 9.17) is 4.74 Å². The SMILES string of the molecule is COCCNC(=O)[C@H]1CCCN(C2CCN(C(=O)Cn3cncn3)CC2)C1. The second-order valence-electron chi connectivity index (χ2n) is 7.32. The molecule has 3 heterocycles. The van der Waals surface area contributed by atoms with Gasteiger partial charge in [-0.05, 0) is 32.2 Å². The van der Waals surface area contributed by atoms with Gasteiger partial charge in [0.25, 0.3) is 0 Å². The van der Waals surface area contributed by atoms with Crippen LogP contribution in [0.5, 0.6) is 0 Å². The molecule has 0 aromatic carbocycles. The summed E-state index contributed by atoms with van der Waals surface area (Å²) in [6, 6.07) is 0.454. The van der Waals surface area contributed by atoms with Gasteiger partial charge in [0.15, 0.2) is 0 Å². The van der Waals surface area contributed by atoms with Crippen molar-refractivity contribution in [2.45, 2.75) is 38.3 Å². The molecule has 1 atom stereocenters. The first-order valence-electron chi connectivity index (χ1n) is 9.78. The van der Waals surface area contributed by atoms with E-state index >= 15 is 0 Å². The lowest BCUT2D eigenvalue weighted by atomic mass is 9.93. The van der Waals surface area contributed by atoms with Crippen molar-refractivity contribution in [1.29, 1.82) is 0 Å². The van der Waals surface area contributed by atoms with Gasteiger partial charge in [-0.25, -0.2) is 9.67 Å². The first-order chi connectivity index (χ1) is 13.2. The zero-order valence-electron chi connectivity index (χ0n) is 16.0. The fourth-order valence-corrected chi connectivity index (χ4v) is 4.01. The summed E-state index contributed by atoms with van der Waals surface area (Å²) in [5.74, 6) is 0.285. The zero-order valence-corrected chi connectivity index (χ0v) is 16.0. The Morgan fingerprint density at radius 1 is 1.22 bits per heavy atom. The quantitative estimate of drug-likeness (QED) is 0.658. The number of carbonyl (C=O) groups excluding carboxylic acids is 2. The fraction of sp³-hybridized carbons (Fsp3) is 0.778. The number of piperidine rings is 2. The number of carbonyl (C=O) groups is 2. The molecule has 2 saturated heterocycles. The van der Waals surface area contributed by atoms with Gasteiger partial charge in [-0.2, -0.15) is 5.10 Å². The van der Waals surface area contributed by atoms with Crippen LogP contribution in [0.3, 0.4) is 0 Å². The van der Waals surface area contributed by atoms with E-state index in [2.05, 4.69) is 20.3 Å². The van der Waals surface area contributed by atoms with Crippen LogP contribution in [-0.4, -0.2) is 88.9 Å². The summed E-state index contributed by atoms with van der Waals surface area (Å²) in [7, 11) is 1.64. The molecule has 0 unspecified atom stereocenters. The molecule has 2 aliphatic rings. The summed E-state index contributed by atoms with van der Waals surface area (Å²) in [5, 5.41) is 6.96. The minimum atomic E-state index is 0.0579. The summed E-state index contributed by atoms with van der Waals surface area (Å²) in [6.45, 7) is 4.74. The number of methoxy groups -OCH3 is 1. The molecule has 0 radical (unpaired) electrons. The first kappa shape index (κ1) is 19.8. The predicted molar refractivity (Wildman–Crippen MR) is 98.8 cm³/mol. The monoisotopic (exact) mass is 378 g/mol. The standard InChI is InChI=1S/C18H30N6O3/c1-27-10-6-20-18(26)15-3-2-7-23(11-15)16-4-8-22(9-5-16)17(25)12-24-14-19-13-21-24/h13-16H,2-12H2,1H3,(H,20,26)/t15-/m0/s1. The van der Waals surface area contributed by atoms with Crippen molar-refractivity contribution in [3.8, 4) is 0 Å². The third-order valence-electron chi connectivity index (χ3n) is 5.53. The number of ether oxygens (including phenoxy) is 1. The molecule has 0 aliphatic carbocycles. The fourth-order valence-electron chi connectivity index (χ4n) is 4.01. The summed E-state index contributed by atoms with van der Waals surface area (Å²) >= 11 is 0. The van der Waals surface area contributed by atoms with Crippen molar-refractivity contribution in [3.05, 3.63) is 12.7 Å². The summed E-state index contributed by atoms with van der Waals surface area (Å²) in [4.78, 5) is 32.9. The molecule has 1 N–H and O–H groups in total. The Bertz CT molecular complexity index is 600. The van der Waals surface area contributed by atoms with Crippen LogP contribution in [0.15, 0.2) is 12.7 Å². The molecule has 27 heavy (non-hydrogen) atoms. The lowest BCUT2D eigenvalue weighted by Gasteiger charge is -2.42. The van der Waals surface area contributed by atoms with Gasteiger partial charge in [-0.3, -0.25) is 14.5 Å². The molecule has 1 aromatic heterocycles. The Morgan fingerprint density at radius 2 is 2.04 bits per heavy atom. The second-order valence-corrected chi connectivity index (χ2v) is 7.32. The highest BCUT2D eigenvalue weighted by Crippen LogP contribution is 2.24. The van der Waals surface area contributed by atoms with Gasteiger partial charge in [0, 0.05) is 39.3 Å². The molecule has 2 amide bonds. The van der Waals surface area contributed by atoms with Crippen molar-refractivity contribution in [3.63, 3.8) is 0 Å². The van der Waals surface area contributed by atoms with Crippen molar-refractivity contribution < 1.29 is 14.3 Å². The highest BCUT2D eigenvalue weighted by Gasteiger charge is 2.32. The average Bonchev–Trinajstić information content (AvgIpc) is 3.21. The molecule has 0 saturated carbocycles. The van der Waals surface area contributed by atoms with Gasteiger partial charge < -0.3 is 15.0 Å². The number of aromatic nitrogens is 3. The van der Waals surface area contributed by atoms with Crippen LogP contribution in [0.2, 0.25) is 0 Å². The zero-order chi connectivity index (χ0) is 19.1. The van der Waals surface area contributed by atoms with Crippen molar-refractivity contribution in [2.75, 3.05) is 46.4 Å². The molecule has 150 valence electrons. The van der Waals surface area contributed by atoms with E-state index in [1.807, 2.05) is 4.90 Å². The maximum atomic E-state index is 12.4. The topological polar surface area (TPSA) is 92.6 Å². The number of hydrogen-bond acceptors (Lipinski definition) is 6. The second kappa shape index (κ2) is 9.80. The third-order valence-corrected chi connectivity index (χ3v) is 5.53. The molecular weight excluding hydrogens is 348 g/mol. The summed E-state index contributed by atoms with van der Waals surface area (Å²) < 4.78 is 6.55. The van der Waals surface area contributed by atoms with Crippen LogP contribution in [0, 0.1) is 5.92 Å². The molecular formula is C18H30N6O3. The summed E-state index contributed by atoms with van der Waals surface area (Å²) in [6.07, 6.45) is 6.93. The highest BCUT2D eigenvalue weighted by molar-refractivity contribution is 5.79. The van der Waals surface area contributed by atoms with E-state index < -0.39 is 0 Å². The maximum absolute atomic E-state index is 12.4. The van der Waals surface area contributed by atoms with E-state index in [0.717, 1.165) is 51.9 Å². The normalized spacial score (nSPS) is 22.0. The number of rotatable bonds is 7. The van der Waals surface area contributed by atoms with Crippen LogP contribution in [0.25, 0.3) is 0 Å². The minimum Gasteiger partial charge on any atom is -0.383 e. The van der Waals surface area contributed by atoms with Crippen molar-refractivity contribution >= 4 is 11.8 Å². The Kier molecular flexibility index (Phi) is 7.17. The van der Waals surface area contributed by atoms with Crippen LogP contribution in [-0.2, 0) is 20.9 Å². The Balaban J connectivity index is 1.43. The molecule has 1 aromatic rings. The van der Waals surface area contributed by atoms with Gasteiger partial charge in [-0.15, -0.1) is 0 Å². The predicted octanol–water partition coefficient (Wildman–Crippen LogP) is -0.256. The lowest BCUT2D eigenvalue weighted by molar-refractivity contribution is -0.133. The van der Waals surface area contributed by atoms with Crippen molar-refractivity contribution in [1.82, 2.24) is 29.9 Å².